The topological polar surface area (TPSA) is 27.0 Å². The summed E-state index contributed by atoms with van der Waals surface area (Å²) in [5.41, 5.74) is 0. The molecule has 8 heavy (non-hydrogen) atoms. The van der Waals surface area contributed by atoms with Crippen LogP contribution in [0.5, 0.6) is 0 Å². The first-order valence-electron chi connectivity index (χ1n) is 2.81. The maximum atomic E-state index is 8.40. The summed E-state index contributed by atoms with van der Waals surface area (Å²) in [7, 11) is 3.70. The molecule has 0 bridgehead atoms. The molecule has 1 saturated heterocycles. The van der Waals surface area contributed by atoms with Gasteiger partial charge in [-0.05, 0) is 19.4 Å². The SMILES string of the molecule is [CH2]N1CCCC1C#N. The van der Waals surface area contributed by atoms with Crippen LogP contribution in [-0.2, 0) is 0 Å². The quantitative estimate of drug-likeness (QED) is 0.459. The third kappa shape index (κ3) is 0.823. The fourth-order valence-corrected chi connectivity index (χ4v) is 0.972. The van der Waals surface area contributed by atoms with Crippen molar-refractivity contribution < 1.29 is 0 Å². The zero-order valence-electron chi connectivity index (χ0n) is 4.80. The number of nitriles is 1. The molecular weight excluding hydrogens is 100 g/mol. The summed E-state index contributed by atoms with van der Waals surface area (Å²) in [6, 6.07) is 2.27. The van der Waals surface area contributed by atoms with Crippen molar-refractivity contribution in [2.75, 3.05) is 6.54 Å². The first-order valence-corrected chi connectivity index (χ1v) is 2.81. The van der Waals surface area contributed by atoms with E-state index < -0.39 is 0 Å². The lowest BCUT2D eigenvalue weighted by molar-refractivity contribution is 0.402. The third-order valence-corrected chi connectivity index (χ3v) is 1.51. The minimum Gasteiger partial charge on any atom is -0.287 e. The molecular formula is C6H9N2. The molecule has 0 spiro atoms. The Hall–Kier alpha value is -0.550. The summed E-state index contributed by atoms with van der Waals surface area (Å²) in [5.74, 6) is 0. The van der Waals surface area contributed by atoms with Crippen molar-refractivity contribution in [3.05, 3.63) is 7.05 Å². The Morgan fingerprint density at radius 3 is 2.75 bits per heavy atom. The Morgan fingerprint density at radius 2 is 2.50 bits per heavy atom. The fraction of sp³-hybridized carbons (Fsp3) is 0.667. The van der Waals surface area contributed by atoms with E-state index in [0.29, 0.717) is 0 Å². The molecule has 1 fully saturated rings. The lowest BCUT2D eigenvalue weighted by Gasteiger charge is -2.08. The summed E-state index contributed by atoms with van der Waals surface area (Å²) >= 11 is 0. The second-order valence-corrected chi connectivity index (χ2v) is 2.10. The number of nitrogens with zero attached hydrogens (tertiary/aromatic N) is 2. The first kappa shape index (κ1) is 5.58. The highest BCUT2D eigenvalue weighted by molar-refractivity contribution is 4.95. The van der Waals surface area contributed by atoms with Crippen molar-refractivity contribution in [2.45, 2.75) is 18.9 Å². The summed E-state index contributed by atoms with van der Waals surface area (Å²) in [6.07, 6.45) is 2.13. The molecule has 1 heterocycles. The molecule has 1 aliphatic heterocycles. The Morgan fingerprint density at radius 1 is 1.75 bits per heavy atom. The molecule has 1 unspecified atom stereocenters. The second kappa shape index (κ2) is 2.15. The monoisotopic (exact) mass is 109 g/mol. The third-order valence-electron chi connectivity index (χ3n) is 1.51. The molecule has 0 aromatic heterocycles. The van der Waals surface area contributed by atoms with Gasteiger partial charge in [0.25, 0.3) is 0 Å². The van der Waals surface area contributed by atoms with Crippen LogP contribution >= 0.6 is 0 Å². The van der Waals surface area contributed by atoms with Gasteiger partial charge in [-0.3, -0.25) is 4.90 Å². The predicted molar refractivity (Wildman–Crippen MR) is 30.7 cm³/mol. The van der Waals surface area contributed by atoms with Gasteiger partial charge in [-0.15, -0.1) is 0 Å². The van der Waals surface area contributed by atoms with Crippen LogP contribution < -0.4 is 0 Å². The smallest absolute Gasteiger partial charge is 0.0978 e. The van der Waals surface area contributed by atoms with E-state index in [1.54, 1.807) is 0 Å². The molecule has 1 atom stereocenters. The van der Waals surface area contributed by atoms with Crippen LogP contribution in [-0.4, -0.2) is 17.5 Å². The van der Waals surface area contributed by atoms with Crippen LogP contribution in [0, 0.1) is 18.4 Å². The van der Waals surface area contributed by atoms with E-state index in [1.807, 2.05) is 4.90 Å². The number of hydrogen-bond acceptors (Lipinski definition) is 2. The van der Waals surface area contributed by atoms with Gasteiger partial charge in [-0.1, -0.05) is 0 Å². The zero-order valence-corrected chi connectivity index (χ0v) is 4.80. The molecule has 2 heteroatoms. The average Bonchev–Trinajstić information content (AvgIpc) is 2.14. The lowest BCUT2D eigenvalue weighted by atomic mass is 10.2. The van der Waals surface area contributed by atoms with Gasteiger partial charge in [0.05, 0.1) is 12.1 Å². The molecule has 1 radical (unpaired) electrons. The van der Waals surface area contributed by atoms with Crippen LogP contribution in [0.15, 0.2) is 0 Å². The van der Waals surface area contributed by atoms with Crippen molar-refractivity contribution in [1.29, 1.82) is 5.26 Å². The molecule has 0 aromatic carbocycles. The predicted octanol–water partition coefficient (Wildman–Crippen LogP) is 0.766. The Balaban J connectivity index is 2.45. The number of rotatable bonds is 0. The number of hydrogen-bond donors (Lipinski definition) is 0. The van der Waals surface area contributed by atoms with Crippen LogP contribution in [0.25, 0.3) is 0 Å². The van der Waals surface area contributed by atoms with E-state index in [1.165, 1.54) is 0 Å². The highest BCUT2D eigenvalue weighted by atomic mass is 15.1. The average molecular weight is 109 g/mol. The highest BCUT2D eigenvalue weighted by Gasteiger charge is 2.19. The van der Waals surface area contributed by atoms with Gasteiger partial charge in [0, 0.05) is 7.05 Å². The van der Waals surface area contributed by atoms with Crippen LogP contribution in [0.3, 0.4) is 0 Å². The second-order valence-electron chi connectivity index (χ2n) is 2.10. The largest absolute Gasteiger partial charge is 0.287 e. The molecule has 0 aromatic rings. The standard InChI is InChI=1S/C6H9N2/c1-8-4-2-3-6(8)5-7/h6H,1-4H2. The van der Waals surface area contributed by atoms with Crippen LogP contribution in [0.2, 0.25) is 0 Å². The molecule has 0 saturated carbocycles. The molecule has 1 rings (SSSR count). The minimum absolute atomic E-state index is 0.0926. The maximum Gasteiger partial charge on any atom is 0.0978 e. The maximum absolute atomic E-state index is 8.40. The summed E-state index contributed by atoms with van der Waals surface area (Å²) in [5, 5.41) is 8.40. The van der Waals surface area contributed by atoms with Crippen LogP contribution in [0.4, 0.5) is 0 Å². The van der Waals surface area contributed by atoms with E-state index in [4.69, 9.17) is 5.26 Å². The fourth-order valence-electron chi connectivity index (χ4n) is 0.972. The van der Waals surface area contributed by atoms with E-state index in [-0.39, 0.29) is 6.04 Å². The van der Waals surface area contributed by atoms with Crippen molar-refractivity contribution in [1.82, 2.24) is 4.90 Å². The molecule has 0 aliphatic carbocycles. The molecule has 1 aliphatic rings. The molecule has 2 nitrogen and oxygen atoms in total. The van der Waals surface area contributed by atoms with Crippen LogP contribution in [0.1, 0.15) is 12.8 Å². The van der Waals surface area contributed by atoms with Gasteiger partial charge in [-0.2, -0.15) is 5.26 Å². The minimum atomic E-state index is 0.0926. The van der Waals surface area contributed by atoms with Crippen molar-refractivity contribution >= 4 is 0 Å². The van der Waals surface area contributed by atoms with Crippen molar-refractivity contribution in [3.63, 3.8) is 0 Å². The van der Waals surface area contributed by atoms with E-state index >= 15 is 0 Å². The normalized spacial score (nSPS) is 30.2. The van der Waals surface area contributed by atoms with E-state index in [2.05, 4.69) is 13.1 Å². The Bertz CT molecular complexity index is 114. The Labute approximate surface area is 49.7 Å². The Kier molecular flexibility index (Phi) is 1.50. The van der Waals surface area contributed by atoms with Gasteiger partial charge in [0.1, 0.15) is 0 Å². The van der Waals surface area contributed by atoms with Gasteiger partial charge >= 0.3 is 0 Å². The van der Waals surface area contributed by atoms with Gasteiger partial charge in [-0.25, -0.2) is 0 Å². The molecule has 0 amide bonds. The summed E-state index contributed by atoms with van der Waals surface area (Å²) in [6.45, 7) is 0.984. The summed E-state index contributed by atoms with van der Waals surface area (Å²) in [4.78, 5) is 1.85. The van der Waals surface area contributed by atoms with E-state index in [9.17, 15) is 0 Å². The van der Waals surface area contributed by atoms with Gasteiger partial charge < -0.3 is 0 Å². The van der Waals surface area contributed by atoms with Gasteiger partial charge in [0.2, 0.25) is 0 Å². The van der Waals surface area contributed by atoms with Crippen molar-refractivity contribution in [2.24, 2.45) is 0 Å². The zero-order chi connectivity index (χ0) is 5.98. The van der Waals surface area contributed by atoms with E-state index in [0.717, 1.165) is 19.4 Å². The molecule has 43 valence electrons. The van der Waals surface area contributed by atoms with Crippen molar-refractivity contribution in [3.8, 4) is 6.07 Å². The van der Waals surface area contributed by atoms with Gasteiger partial charge in [0.15, 0.2) is 0 Å². The summed E-state index contributed by atoms with van der Waals surface area (Å²) < 4.78 is 0. The highest BCUT2D eigenvalue weighted by Crippen LogP contribution is 2.13. The molecule has 0 N–H and O–H groups in total. The number of likely N-dealkylation sites (tertiary alicyclic amines) is 1. The first-order chi connectivity index (χ1) is 3.84. The lowest BCUT2D eigenvalue weighted by Crippen LogP contribution is -2.20.